The molecule has 0 aliphatic rings. The maximum absolute atomic E-state index is 14.4. The summed E-state index contributed by atoms with van der Waals surface area (Å²) in [5.41, 5.74) is -1.80. The van der Waals surface area contributed by atoms with Crippen LogP contribution in [0.5, 0.6) is 0 Å². The van der Waals surface area contributed by atoms with Crippen LogP contribution in [0.25, 0.3) is 0 Å². The molecule has 0 saturated carbocycles. The summed E-state index contributed by atoms with van der Waals surface area (Å²) in [6.07, 6.45) is 2.77. The topological polar surface area (TPSA) is 0 Å². The molecule has 0 bridgehead atoms. The molecule has 15 heavy (non-hydrogen) atoms. The Balaban J connectivity index is 4.93. The van der Waals surface area contributed by atoms with E-state index in [-0.39, 0.29) is 0 Å². The number of hydrogen-bond acceptors (Lipinski definition) is 0. The van der Waals surface area contributed by atoms with E-state index >= 15 is 0 Å². The van der Waals surface area contributed by atoms with Crippen LogP contribution in [-0.4, -0.2) is 5.92 Å². The van der Waals surface area contributed by atoms with Crippen molar-refractivity contribution in [2.24, 2.45) is 10.8 Å². The summed E-state index contributed by atoms with van der Waals surface area (Å²) < 4.78 is 28.7. The van der Waals surface area contributed by atoms with Crippen LogP contribution < -0.4 is 0 Å². The largest absolute Gasteiger partial charge is 0.258 e. The van der Waals surface area contributed by atoms with E-state index in [0.717, 1.165) is 12.8 Å². The van der Waals surface area contributed by atoms with E-state index in [0.29, 0.717) is 12.8 Å². The van der Waals surface area contributed by atoms with E-state index in [4.69, 9.17) is 0 Å². The van der Waals surface area contributed by atoms with E-state index in [9.17, 15) is 8.78 Å². The van der Waals surface area contributed by atoms with Gasteiger partial charge in [0.25, 0.3) is 5.92 Å². The van der Waals surface area contributed by atoms with Gasteiger partial charge in [-0.25, -0.2) is 8.78 Å². The first-order valence-corrected chi connectivity index (χ1v) is 6.00. The van der Waals surface area contributed by atoms with Gasteiger partial charge in [-0.05, 0) is 12.8 Å². The number of alkyl halides is 2. The second-order valence-corrected chi connectivity index (χ2v) is 5.84. The first-order chi connectivity index (χ1) is 6.62. The van der Waals surface area contributed by atoms with E-state index in [1.165, 1.54) is 0 Å². The Morgan fingerprint density at radius 1 is 0.733 bits per heavy atom. The molecule has 0 N–H and O–H groups in total. The minimum absolute atomic E-state index is 0.577. The smallest absolute Gasteiger partial charge is 0.206 e. The molecule has 0 aromatic rings. The molecule has 0 nitrogen and oxygen atoms in total. The lowest BCUT2D eigenvalue weighted by Gasteiger charge is -2.44. The van der Waals surface area contributed by atoms with Gasteiger partial charge in [0.1, 0.15) is 0 Å². The van der Waals surface area contributed by atoms with Crippen LogP contribution in [0, 0.1) is 10.8 Å². The molecule has 0 unspecified atom stereocenters. The number of hydrogen-bond donors (Lipinski definition) is 0. The Labute approximate surface area is 93.4 Å². The first kappa shape index (κ1) is 14.9. The van der Waals surface area contributed by atoms with Crippen molar-refractivity contribution in [3.05, 3.63) is 0 Å². The van der Waals surface area contributed by atoms with Crippen molar-refractivity contribution in [3.8, 4) is 0 Å². The van der Waals surface area contributed by atoms with Crippen molar-refractivity contribution in [1.29, 1.82) is 0 Å². The standard InChI is InChI=1S/C13H26F2/c1-7-9-11(3,4)13(14,15)12(5,6)10-8-2/h7-10H2,1-6H3. The quantitative estimate of drug-likeness (QED) is 0.571. The fraction of sp³-hybridized carbons (Fsp3) is 1.00. The fourth-order valence-electron chi connectivity index (χ4n) is 2.48. The van der Waals surface area contributed by atoms with Crippen LogP contribution in [0.1, 0.15) is 67.2 Å². The molecule has 0 atom stereocenters. The van der Waals surface area contributed by atoms with E-state index in [1.54, 1.807) is 27.7 Å². The molecule has 2 heteroatoms. The maximum Gasteiger partial charge on any atom is 0.258 e. The van der Waals surface area contributed by atoms with Gasteiger partial charge in [0.15, 0.2) is 0 Å². The Bertz CT molecular complexity index is 173. The molecule has 0 aliphatic carbocycles. The van der Waals surface area contributed by atoms with Gasteiger partial charge in [0.2, 0.25) is 0 Å². The van der Waals surface area contributed by atoms with Gasteiger partial charge in [-0.1, -0.05) is 54.4 Å². The number of halogens is 2. The van der Waals surface area contributed by atoms with Crippen LogP contribution in [0.3, 0.4) is 0 Å². The second kappa shape index (κ2) is 4.80. The molecule has 0 amide bonds. The second-order valence-electron chi connectivity index (χ2n) is 5.84. The summed E-state index contributed by atoms with van der Waals surface area (Å²) in [6.45, 7) is 10.7. The molecule has 0 aromatic heterocycles. The van der Waals surface area contributed by atoms with E-state index in [2.05, 4.69) is 0 Å². The van der Waals surface area contributed by atoms with Crippen LogP contribution in [0.15, 0.2) is 0 Å². The molecule has 0 spiro atoms. The summed E-state index contributed by atoms with van der Waals surface area (Å²) in [6, 6.07) is 0. The van der Waals surface area contributed by atoms with Crippen molar-refractivity contribution in [1.82, 2.24) is 0 Å². The lowest BCUT2D eigenvalue weighted by atomic mass is 9.67. The molecule has 0 aromatic carbocycles. The SMILES string of the molecule is CCCC(C)(C)C(F)(F)C(C)(C)CCC. The average molecular weight is 220 g/mol. The molecule has 0 fully saturated rings. The minimum atomic E-state index is -2.61. The minimum Gasteiger partial charge on any atom is -0.206 e. The number of rotatable bonds is 6. The van der Waals surface area contributed by atoms with Crippen LogP contribution in [-0.2, 0) is 0 Å². The molecule has 92 valence electrons. The highest BCUT2D eigenvalue weighted by Gasteiger charge is 2.55. The monoisotopic (exact) mass is 220 g/mol. The Morgan fingerprint density at radius 2 is 1.00 bits per heavy atom. The summed E-state index contributed by atoms with van der Waals surface area (Å²) in [5, 5.41) is 0. The molecular weight excluding hydrogens is 194 g/mol. The van der Waals surface area contributed by atoms with E-state index in [1.807, 2.05) is 13.8 Å². The lowest BCUT2D eigenvalue weighted by molar-refractivity contribution is -0.192. The Kier molecular flexibility index (Phi) is 4.75. The average Bonchev–Trinajstić information content (AvgIpc) is 2.03. The normalized spacial score (nSPS) is 14.4. The highest BCUT2D eigenvalue weighted by Crippen LogP contribution is 2.52. The molecular formula is C13H26F2. The zero-order chi connectivity index (χ0) is 12.3. The summed E-state index contributed by atoms with van der Waals surface area (Å²) in [7, 11) is 0. The third kappa shape index (κ3) is 2.92. The first-order valence-electron chi connectivity index (χ1n) is 6.00. The Morgan fingerprint density at radius 3 is 1.20 bits per heavy atom. The van der Waals surface area contributed by atoms with Crippen molar-refractivity contribution < 1.29 is 8.78 Å². The van der Waals surface area contributed by atoms with Gasteiger partial charge in [0, 0.05) is 10.8 Å². The Hall–Kier alpha value is -0.140. The highest BCUT2D eigenvalue weighted by molar-refractivity contribution is 4.95. The van der Waals surface area contributed by atoms with Crippen molar-refractivity contribution in [3.63, 3.8) is 0 Å². The van der Waals surface area contributed by atoms with Gasteiger partial charge >= 0.3 is 0 Å². The summed E-state index contributed by atoms with van der Waals surface area (Å²) in [5.74, 6) is -2.61. The molecule has 0 radical (unpaired) electrons. The predicted octanol–water partition coefficient (Wildman–Crippen LogP) is 5.27. The zero-order valence-corrected chi connectivity index (χ0v) is 11.1. The van der Waals surface area contributed by atoms with Gasteiger partial charge in [-0.2, -0.15) is 0 Å². The summed E-state index contributed by atoms with van der Waals surface area (Å²) in [4.78, 5) is 0. The lowest BCUT2D eigenvalue weighted by Crippen LogP contribution is -2.48. The molecule has 0 saturated heterocycles. The fourth-order valence-corrected chi connectivity index (χ4v) is 2.48. The van der Waals surface area contributed by atoms with Crippen LogP contribution in [0.2, 0.25) is 0 Å². The van der Waals surface area contributed by atoms with Crippen molar-refractivity contribution in [2.75, 3.05) is 0 Å². The molecule has 0 rings (SSSR count). The third-order valence-electron chi connectivity index (χ3n) is 3.45. The van der Waals surface area contributed by atoms with Gasteiger partial charge in [-0.3, -0.25) is 0 Å². The molecule has 0 heterocycles. The summed E-state index contributed by atoms with van der Waals surface area (Å²) >= 11 is 0. The predicted molar refractivity (Wildman–Crippen MR) is 62.3 cm³/mol. The van der Waals surface area contributed by atoms with Gasteiger partial charge in [0.05, 0.1) is 0 Å². The zero-order valence-electron chi connectivity index (χ0n) is 11.1. The maximum atomic E-state index is 14.4. The molecule has 0 aliphatic heterocycles. The third-order valence-corrected chi connectivity index (χ3v) is 3.45. The van der Waals surface area contributed by atoms with Gasteiger partial charge < -0.3 is 0 Å². The van der Waals surface area contributed by atoms with Crippen molar-refractivity contribution >= 4 is 0 Å². The highest BCUT2D eigenvalue weighted by atomic mass is 19.3. The van der Waals surface area contributed by atoms with Crippen molar-refractivity contribution in [2.45, 2.75) is 73.1 Å². The van der Waals surface area contributed by atoms with Crippen LogP contribution in [0.4, 0.5) is 8.78 Å². The van der Waals surface area contributed by atoms with E-state index < -0.39 is 16.8 Å². The van der Waals surface area contributed by atoms with Gasteiger partial charge in [-0.15, -0.1) is 0 Å². The van der Waals surface area contributed by atoms with Crippen LogP contribution >= 0.6 is 0 Å².